The summed E-state index contributed by atoms with van der Waals surface area (Å²) in [7, 11) is 0.509. The van der Waals surface area contributed by atoms with E-state index in [2.05, 4.69) is 85.4 Å². The highest BCUT2D eigenvalue weighted by atomic mass is 28.3. The molecule has 3 rings (SSSR count). The van der Waals surface area contributed by atoms with Crippen LogP contribution in [0.15, 0.2) is 84.9 Å². The minimum Gasteiger partial charge on any atom is -0.496 e. The van der Waals surface area contributed by atoms with Crippen molar-refractivity contribution in [2.75, 3.05) is 7.11 Å². The number of para-hydroxylation sites is 1. The summed E-state index contributed by atoms with van der Waals surface area (Å²) in [4.78, 5) is 0. The van der Waals surface area contributed by atoms with Crippen molar-refractivity contribution in [3.05, 3.63) is 96.1 Å². The van der Waals surface area contributed by atoms with Crippen molar-refractivity contribution < 1.29 is 4.74 Å². The van der Waals surface area contributed by atoms with E-state index in [4.69, 9.17) is 4.74 Å². The lowest BCUT2D eigenvalue weighted by Crippen LogP contribution is -2.34. The van der Waals surface area contributed by atoms with Gasteiger partial charge in [-0.1, -0.05) is 90.6 Å². The van der Waals surface area contributed by atoms with E-state index in [-0.39, 0.29) is 0 Å². The molecule has 0 aromatic heterocycles. The molecule has 23 heavy (non-hydrogen) atoms. The zero-order chi connectivity index (χ0) is 16.1. The summed E-state index contributed by atoms with van der Waals surface area (Å²) < 4.78 is 5.66. The number of hydrogen-bond donors (Lipinski definition) is 0. The van der Waals surface area contributed by atoms with Crippen molar-refractivity contribution in [2.24, 2.45) is 0 Å². The maximum Gasteiger partial charge on any atom is 0.122 e. The molecule has 0 amide bonds. The van der Waals surface area contributed by atoms with E-state index in [1.54, 1.807) is 7.11 Å². The molecule has 0 unspecified atom stereocenters. The molecule has 0 N–H and O–H groups in total. The average molecular weight is 318 g/mol. The van der Waals surface area contributed by atoms with Gasteiger partial charge in [0.25, 0.3) is 0 Å². The summed E-state index contributed by atoms with van der Waals surface area (Å²) in [5.41, 5.74) is 3.07. The summed E-state index contributed by atoms with van der Waals surface area (Å²) in [6, 6.07) is 30.2. The van der Waals surface area contributed by atoms with Crippen molar-refractivity contribution >= 4 is 14.0 Å². The Bertz CT molecular complexity index is 740. The fourth-order valence-corrected chi connectivity index (χ4v) is 6.10. The molecule has 0 saturated heterocycles. The third kappa shape index (κ3) is 3.38. The minimum atomic E-state index is -1.25. The molecule has 0 fully saturated rings. The van der Waals surface area contributed by atoms with Crippen molar-refractivity contribution in [3.63, 3.8) is 0 Å². The van der Waals surface area contributed by atoms with E-state index in [0.29, 0.717) is 5.54 Å². The van der Waals surface area contributed by atoms with Gasteiger partial charge >= 0.3 is 0 Å². The molecule has 0 bridgehead atoms. The summed E-state index contributed by atoms with van der Waals surface area (Å²) in [5.74, 6) is 0.983. The fourth-order valence-electron chi connectivity index (χ4n) is 3.27. The van der Waals surface area contributed by atoms with E-state index in [9.17, 15) is 0 Å². The first-order chi connectivity index (χ1) is 11.3. The van der Waals surface area contributed by atoms with Gasteiger partial charge in [0, 0.05) is 5.54 Å². The standard InChI is InChI=1S/C21H22OSi/c1-22-20-16-10-9-15-19(20)21(17-11-5-3-6-12-17)23(2)18-13-7-4-8-14-18/h3-16,21,23H,1-2H3/t21-,23+/m0/s1. The molecule has 0 saturated carbocycles. The number of ether oxygens (including phenoxy) is 1. The van der Waals surface area contributed by atoms with Gasteiger partial charge in [-0.05, 0) is 17.2 Å². The Morgan fingerprint density at radius 1 is 0.739 bits per heavy atom. The molecule has 1 nitrogen and oxygen atoms in total. The highest BCUT2D eigenvalue weighted by Gasteiger charge is 2.26. The Hall–Kier alpha value is -2.32. The van der Waals surface area contributed by atoms with Crippen LogP contribution in [0, 0.1) is 0 Å². The van der Waals surface area contributed by atoms with E-state index in [0.717, 1.165) is 5.75 Å². The predicted octanol–water partition coefficient (Wildman–Crippen LogP) is 4.13. The number of benzene rings is 3. The van der Waals surface area contributed by atoms with E-state index in [1.807, 2.05) is 6.07 Å². The summed E-state index contributed by atoms with van der Waals surface area (Å²) in [5, 5.41) is 1.48. The van der Waals surface area contributed by atoms with Crippen molar-refractivity contribution in [2.45, 2.75) is 12.1 Å². The minimum absolute atomic E-state index is 0.398. The van der Waals surface area contributed by atoms with Crippen LogP contribution in [0.2, 0.25) is 6.55 Å². The molecule has 3 aromatic carbocycles. The van der Waals surface area contributed by atoms with E-state index in [1.165, 1.54) is 16.3 Å². The highest BCUT2D eigenvalue weighted by molar-refractivity contribution is 6.74. The Kier molecular flexibility index (Phi) is 4.94. The number of rotatable bonds is 5. The lowest BCUT2D eigenvalue weighted by atomic mass is 10.0. The molecule has 3 aromatic rings. The lowest BCUT2D eigenvalue weighted by Gasteiger charge is -2.26. The Balaban J connectivity index is 2.11. The van der Waals surface area contributed by atoms with E-state index < -0.39 is 8.80 Å². The van der Waals surface area contributed by atoms with Crippen LogP contribution in [0.1, 0.15) is 16.7 Å². The average Bonchev–Trinajstić information content (AvgIpc) is 2.64. The van der Waals surface area contributed by atoms with Crippen LogP contribution >= 0.6 is 0 Å². The first kappa shape index (κ1) is 15.6. The maximum atomic E-state index is 5.66. The molecule has 0 aliphatic rings. The third-order valence-electron chi connectivity index (χ3n) is 4.46. The summed E-state index contributed by atoms with van der Waals surface area (Å²) in [6.07, 6.45) is 0. The highest BCUT2D eigenvalue weighted by Crippen LogP contribution is 2.33. The second-order valence-corrected chi connectivity index (χ2v) is 8.74. The molecule has 0 aliphatic carbocycles. The van der Waals surface area contributed by atoms with Crippen molar-refractivity contribution in [1.82, 2.24) is 0 Å². The van der Waals surface area contributed by atoms with E-state index >= 15 is 0 Å². The van der Waals surface area contributed by atoms with Gasteiger partial charge < -0.3 is 4.74 Å². The molecular formula is C21H22OSi. The Labute approximate surface area is 140 Å². The molecule has 2 heteroatoms. The van der Waals surface area contributed by atoms with Crippen molar-refractivity contribution in [1.29, 1.82) is 0 Å². The van der Waals surface area contributed by atoms with Gasteiger partial charge in [0.15, 0.2) is 0 Å². The molecule has 116 valence electrons. The van der Waals surface area contributed by atoms with Crippen LogP contribution in [0.25, 0.3) is 0 Å². The van der Waals surface area contributed by atoms with Crippen LogP contribution in [-0.4, -0.2) is 15.9 Å². The molecule has 2 atom stereocenters. The Morgan fingerprint density at radius 3 is 1.96 bits per heavy atom. The Morgan fingerprint density at radius 2 is 1.30 bits per heavy atom. The normalized spacial score (nSPS) is 13.3. The maximum absolute atomic E-state index is 5.66. The topological polar surface area (TPSA) is 9.23 Å². The van der Waals surface area contributed by atoms with Crippen LogP contribution < -0.4 is 9.92 Å². The molecule has 0 radical (unpaired) electrons. The number of methoxy groups -OCH3 is 1. The molecule has 0 heterocycles. The third-order valence-corrected chi connectivity index (χ3v) is 7.64. The van der Waals surface area contributed by atoms with Crippen LogP contribution in [-0.2, 0) is 0 Å². The number of hydrogen-bond acceptors (Lipinski definition) is 1. The van der Waals surface area contributed by atoms with Gasteiger partial charge in [-0.25, -0.2) is 0 Å². The monoisotopic (exact) mass is 318 g/mol. The zero-order valence-corrected chi connectivity index (χ0v) is 14.8. The summed E-state index contributed by atoms with van der Waals surface area (Å²) in [6.45, 7) is 2.43. The van der Waals surface area contributed by atoms with Crippen LogP contribution in [0.3, 0.4) is 0 Å². The molecule has 0 spiro atoms. The quantitative estimate of drug-likeness (QED) is 0.643. The van der Waals surface area contributed by atoms with Gasteiger partial charge in [0.05, 0.1) is 15.9 Å². The predicted molar refractivity (Wildman–Crippen MR) is 100 cm³/mol. The first-order valence-corrected chi connectivity index (χ1v) is 10.4. The van der Waals surface area contributed by atoms with Gasteiger partial charge in [-0.15, -0.1) is 0 Å². The smallest absolute Gasteiger partial charge is 0.122 e. The second-order valence-electron chi connectivity index (χ2n) is 5.83. The fraction of sp³-hybridized carbons (Fsp3) is 0.143. The zero-order valence-electron chi connectivity index (χ0n) is 13.6. The van der Waals surface area contributed by atoms with Crippen LogP contribution in [0.5, 0.6) is 5.75 Å². The molecular weight excluding hydrogens is 296 g/mol. The van der Waals surface area contributed by atoms with Gasteiger partial charge in [0.1, 0.15) is 5.75 Å². The van der Waals surface area contributed by atoms with Gasteiger partial charge in [-0.2, -0.15) is 0 Å². The first-order valence-electron chi connectivity index (χ1n) is 8.04. The SMILES string of the molecule is COc1ccccc1[C@H](c1ccccc1)[Si@H](C)c1ccccc1. The largest absolute Gasteiger partial charge is 0.496 e. The van der Waals surface area contributed by atoms with Crippen LogP contribution in [0.4, 0.5) is 0 Å². The lowest BCUT2D eigenvalue weighted by molar-refractivity contribution is 0.410. The van der Waals surface area contributed by atoms with Gasteiger partial charge in [-0.3, -0.25) is 0 Å². The van der Waals surface area contributed by atoms with Gasteiger partial charge in [0.2, 0.25) is 0 Å². The second kappa shape index (κ2) is 7.29. The summed E-state index contributed by atoms with van der Waals surface area (Å²) >= 11 is 0. The molecule has 0 aliphatic heterocycles. The van der Waals surface area contributed by atoms with Crippen molar-refractivity contribution in [3.8, 4) is 5.75 Å².